The number of pyridine rings is 1. The van der Waals surface area contributed by atoms with Gasteiger partial charge >= 0.3 is 5.97 Å². The van der Waals surface area contributed by atoms with Crippen molar-refractivity contribution in [2.75, 3.05) is 0 Å². The predicted octanol–water partition coefficient (Wildman–Crippen LogP) is 5.41. The number of hydrogen-bond acceptors (Lipinski definition) is 2. The number of aromatic nitrogens is 1. The van der Waals surface area contributed by atoms with Crippen molar-refractivity contribution in [1.82, 2.24) is 4.98 Å². The van der Waals surface area contributed by atoms with Crippen molar-refractivity contribution < 1.29 is 9.90 Å². The van der Waals surface area contributed by atoms with Crippen LogP contribution in [-0.2, 0) is 0 Å². The fourth-order valence-corrected chi connectivity index (χ4v) is 3.04. The Morgan fingerprint density at radius 2 is 1.71 bits per heavy atom. The highest BCUT2D eigenvalue weighted by Gasteiger charge is 2.13. The number of hydrogen-bond donors (Lipinski definition) is 1. The van der Waals surface area contributed by atoms with Crippen LogP contribution in [-0.4, -0.2) is 16.1 Å². The molecule has 0 unspecified atom stereocenters. The Hall–Kier alpha value is -2.91. The number of aromatic carboxylic acids is 1. The van der Waals surface area contributed by atoms with Crippen LogP contribution in [0.2, 0.25) is 5.02 Å². The molecule has 0 amide bonds. The smallest absolute Gasteiger partial charge is 0.336 e. The topological polar surface area (TPSA) is 50.2 Å². The first-order chi connectivity index (χ1) is 11.6. The van der Waals surface area contributed by atoms with E-state index in [1.165, 1.54) is 0 Å². The number of rotatable bonds is 2. The molecule has 3 nitrogen and oxygen atoms in total. The first-order valence-electron chi connectivity index (χ1n) is 7.44. The van der Waals surface area contributed by atoms with Gasteiger partial charge < -0.3 is 5.11 Å². The highest BCUT2D eigenvalue weighted by Crippen LogP contribution is 2.29. The van der Waals surface area contributed by atoms with Gasteiger partial charge in [0.05, 0.1) is 16.8 Å². The zero-order chi connectivity index (χ0) is 16.7. The van der Waals surface area contributed by atoms with Crippen molar-refractivity contribution in [3.8, 4) is 11.3 Å². The predicted molar refractivity (Wildman–Crippen MR) is 96.7 cm³/mol. The second-order valence-corrected chi connectivity index (χ2v) is 6.02. The summed E-state index contributed by atoms with van der Waals surface area (Å²) < 4.78 is 0. The maximum Gasteiger partial charge on any atom is 0.336 e. The molecule has 4 rings (SSSR count). The molecule has 0 atom stereocenters. The molecule has 0 aliphatic carbocycles. The van der Waals surface area contributed by atoms with Crippen LogP contribution >= 0.6 is 11.6 Å². The molecule has 116 valence electrons. The van der Waals surface area contributed by atoms with Gasteiger partial charge in [-0.1, -0.05) is 48.0 Å². The fraction of sp³-hybridized carbons (Fsp3) is 0. The molecule has 0 bridgehead atoms. The number of fused-ring (bicyclic) bond motifs is 2. The summed E-state index contributed by atoms with van der Waals surface area (Å²) >= 11 is 6.00. The summed E-state index contributed by atoms with van der Waals surface area (Å²) in [6.45, 7) is 0. The molecule has 0 saturated carbocycles. The summed E-state index contributed by atoms with van der Waals surface area (Å²) in [6.07, 6.45) is 0. The van der Waals surface area contributed by atoms with E-state index in [0.717, 1.165) is 16.3 Å². The van der Waals surface area contributed by atoms with Gasteiger partial charge in [-0.15, -0.1) is 0 Å². The van der Waals surface area contributed by atoms with E-state index in [0.29, 0.717) is 21.6 Å². The minimum absolute atomic E-state index is 0.200. The number of nitrogens with zero attached hydrogens (tertiary/aromatic N) is 1. The zero-order valence-electron chi connectivity index (χ0n) is 12.5. The maximum absolute atomic E-state index is 11.7. The van der Waals surface area contributed by atoms with E-state index in [1.807, 2.05) is 42.5 Å². The molecular formula is C20H12ClNO2. The van der Waals surface area contributed by atoms with Crippen LogP contribution in [0.3, 0.4) is 0 Å². The second kappa shape index (κ2) is 5.62. The molecule has 4 aromatic rings. The van der Waals surface area contributed by atoms with Gasteiger partial charge in [-0.2, -0.15) is 0 Å². The summed E-state index contributed by atoms with van der Waals surface area (Å²) in [5, 5.41) is 12.8. The van der Waals surface area contributed by atoms with Crippen LogP contribution in [0.25, 0.3) is 32.9 Å². The van der Waals surface area contributed by atoms with E-state index < -0.39 is 5.97 Å². The van der Waals surface area contributed by atoms with Gasteiger partial charge in [0.25, 0.3) is 0 Å². The average molecular weight is 334 g/mol. The van der Waals surface area contributed by atoms with E-state index in [4.69, 9.17) is 11.6 Å². The lowest BCUT2D eigenvalue weighted by atomic mass is 10.0. The second-order valence-electron chi connectivity index (χ2n) is 5.58. The Morgan fingerprint density at radius 1 is 0.917 bits per heavy atom. The number of carboxylic acid groups (broad SMARTS) is 1. The maximum atomic E-state index is 11.7. The Morgan fingerprint density at radius 3 is 2.50 bits per heavy atom. The van der Waals surface area contributed by atoms with Crippen LogP contribution in [0.15, 0.2) is 66.7 Å². The average Bonchev–Trinajstić information content (AvgIpc) is 2.60. The third-order valence-corrected chi connectivity index (χ3v) is 4.28. The van der Waals surface area contributed by atoms with Crippen LogP contribution in [0.5, 0.6) is 0 Å². The summed E-state index contributed by atoms with van der Waals surface area (Å²) in [5.74, 6) is -0.994. The molecule has 3 aromatic carbocycles. The number of benzene rings is 3. The molecule has 1 N–H and O–H groups in total. The molecule has 24 heavy (non-hydrogen) atoms. The third kappa shape index (κ3) is 2.49. The third-order valence-electron chi connectivity index (χ3n) is 4.05. The van der Waals surface area contributed by atoms with E-state index in [9.17, 15) is 9.90 Å². The van der Waals surface area contributed by atoms with Crippen molar-refractivity contribution in [2.24, 2.45) is 0 Å². The Bertz CT molecular complexity index is 1110. The molecular weight excluding hydrogens is 322 g/mol. The summed E-state index contributed by atoms with van der Waals surface area (Å²) in [6, 6.07) is 20.7. The van der Waals surface area contributed by atoms with Crippen LogP contribution in [0.1, 0.15) is 10.4 Å². The zero-order valence-corrected chi connectivity index (χ0v) is 13.3. The highest BCUT2D eigenvalue weighted by atomic mass is 35.5. The van der Waals surface area contributed by atoms with Crippen LogP contribution in [0.4, 0.5) is 0 Å². The van der Waals surface area contributed by atoms with Gasteiger partial charge in [-0.05, 0) is 41.1 Å². The first-order valence-corrected chi connectivity index (χ1v) is 7.82. The van der Waals surface area contributed by atoms with Gasteiger partial charge in [0.1, 0.15) is 0 Å². The summed E-state index contributed by atoms with van der Waals surface area (Å²) in [7, 11) is 0. The van der Waals surface area contributed by atoms with Crippen molar-refractivity contribution in [3.63, 3.8) is 0 Å². The van der Waals surface area contributed by atoms with E-state index in [2.05, 4.69) is 4.98 Å². The quantitative estimate of drug-likeness (QED) is 0.534. The Balaban J connectivity index is 1.98. The van der Waals surface area contributed by atoms with Gasteiger partial charge in [0, 0.05) is 16.0 Å². The van der Waals surface area contributed by atoms with Crippen LogP contribution < -0.4 is 0 Å². The van der Waals surface area contributed by atoms with Gasteiger partial charge in [-0.25, -0.2) is 9.78 Å². The molecule has 1 heterocycles. The summed E-state index contributed by atoms with van der Waals surface area (Å²) in [5.41, 5.74) is 2.33. The first kappa shape index (κ1) is 14.7. The molecule has 0 saturated heterocycles. The van der Waals surface area contributed by atoms with E-state index >= 15 is 0 Å². The normalized spacial score (nSPS) is 11.0. The lowest BCUT2D eigenvalue weighted by molar-refractivity contribution is 0.0699. The molecule has 0 radical (unpaired) electrons. The highest BCUT2D eigenvalue weighted by molar-refractivity contribution is 6.31. The van der Waals surface area contributed by atoms with Gasteiger partial charge in [0.15, 0.2) is 0 Å². The van der Waals surface area contributed by atoms with Crippen LogP contribution in [0, 0.1) is 0 Å². The number of halogens is 1. The van der Waals surface area contributed by atoms with Crippen molar-refractivity contribution >= 4 is 39.2 Å². The fourth-order valence-electron chi connectivity index (χ4n) is 2.87. The Labute approximate surface area is 143 Å². The number of carboxylic acids is 1. The lowest BCUT2D eigenvalue weighted by Crippen LogP contribution is -2.00. The molecule has 1 aromatic heterocycles. The lowest BCUT2D eigenvalue weighted by Gasteiger charge is -2.08. The molecule has 0 aliphatic rings. The SMILES string of the molecule is O=C(O)c1cc(-c2ccc3ccccc3c2)nc2ccc(Cl)cc12. The monoisotopic (exact) mass is 333 g/mol. The van der Waals surface area contributed by atoms with Gasteiger partial charge in [0.2, 0.25) is 0 Å². The minimum Gasteiger partial charge on any atom is -0.478 e. The largest absolute Gasteiger partial charge is 0.478 e. The van der Waals surface area contributed by atoms with Crippen molar-refractivity contribution in [3.05, 3.63) is 77.3 Å². The van der Waals surface area contributed by atoms with Crippen molar-refractivity contribution in [1.29, 1.82) is 0 Å². The Kier molecular flexibility index (Phi) is 3.44. The number of carbonyl (C=O) groups is 1. The summed E-state index contributed by atoms with van der Waals surface area (Å²) in [4.78, 5) is 16.3. The molecule has 0 aliphatic heterocycles. The standard InChI is InChI=1S/C20H12ClNO2/c21-15-7-8-18-16(10-15)17(20(23)24)11-19(22-18)14-6-5-12-3-1-2-4-13(12)9-14/h1-11H,(H,23,24). The van der Waals surface area contributed by atoms with Crippen molar-refractivity contribution in [2.45, 2.75) is 0 Å². The molecule has 0 spiro atoms. The minimum atomic E-state index is -0.994. The van der Waals surface area contributed by atoms with E-state index in [1.54, 1.807) is 24.3 Å². The molecule has 0 fully saturated rings. The molecule has 4 heteroatoms. The van der Waals surface area contributed by atoms with Gasteiger partial charge in [-0.3, -0.25) is 0 Å². The van der Waals surface area contributed by atoms with E-state index in [-0.39, 0.29) is 5.56 Å².